The zero-order valence-corrected chi connectivity index (χ0v) is 16.0. The van der Waals surface area contributed by atoms with Crippen LogP contribution < -0.4 is 5.32 Å². The number of ether oxygens (including phenoxy) is 1. The number of methoxy groups -OCH3 is 1. The van der Waals surface area contributed by atoms with E-state index < -0.39 is 10.0 Å². The van der Waals surface area contributed by atoms with Gasteiger partial charge < -0.3 is 10.1 Å². The number of sulfonamides is 1. The summed E-state index contributed by atoms with van der Waals surface area (Å²) in [5, 5.41) is 2.92. The van der Waals surface area contributed by atoms with Crippen LogP contribution in [0.1, 0.15) is 30.9 Å². The Morgan fingerprint density at radius 3 is 2.44 bits per heavy atom. The minimum absolute atomic E-state index is 0.00894. The largest absolute Gasteiger partial charge is 0.383 e. The molecule has 0 bridgehead atoms. The Balaban J connectivity index is 1.88. The molecule has 1 atom stereocenters. The molecule has 0 saturated carbocycles. The number of piperidine rings is 1. The van der Waals surface area contributed by atoms with E-state index in [2.05, 4.69) is 5.32 Å². The molecular formula is C18H28N2O4S. The highest BCUT2D eigenvalue weighted by Crippen LogP contribution is 2.22. The van der Waals surface area contributed by atoms with Gasteiger partial charge in [-0.25, -0.2) is 12.7 Å². The fraction of sp³-hybridized carbons (Fsp3) is 0.611. The molecule has 6 nitrogen and oxygen atoms in total. The summed E-state index contributed by atoms with van der Waals surface area (Å²) in [4.78, 5) is 12.2. The lowest BCUT2D eigenvalue weighted by Crippen LogP contribution is -2.45. The average Bonchev–Trinajstić information content (AvgIpc) is 2.57. The molecule has 0 radical (unpaired) electrons. The third-order valence-corrected chi connectivity index (χ3v) is 6.34. The van der Waals surface area contributed by atoms with Gasteiger partial charge in [0, 0.05) is 32.2 Å². The van der Waals surface area contributed by atoms with Crippen LogP contribution in [-0.4, -0.2) is 51.5 Å². The smallest absolute Gasteiger partial charge is 0.223 e. The summed E-state index contributed by atoms with van der Waals surface area (Å²) >= 11 is 0. The summed E-state index contributed by atoms with van der Waals surface area (Å²) in [5.74, 6) is -0.139. The number of nitrogens with zero attached hydrogens (tertiary/aromatic N) is 1. The molecule has 1 aromatic carbocycles. The first-order valence-corrected chi connectivity index (χ1v) is 10.3. The molecule has 0 aliphatic carbocycles. The maximum atomic E-state index is 12.6. The van der Waals surface area contributed by atoms with E-state index in [4.69, 9.17) is 4.74 Å². The van der Waals surface area contributed by atoms with Gasteiger partial charge in [0.2, 0.25) is 15.9 Å². The number of nitrogens with one attached hydrogen (secondary N) is 1. The minimum Gasteiger partial charge on any atom is -0.383 e. The molecule has 1 aliphatic rings. The number of rotatable bonds is 7. The van der Waals surface area contributed by atoms with Crippen LogP contribution in [-0.2, 0) is 25.3 Å². The van der Waals surface area contributed by atoms with Gasteiger partial charge in [-0.15, -0.1) is 0 Å². The van der Waals surface area contributed by atoms with E-state index in [1.807, 2.05) is 38.1 Å². The monoisotopic (exact) mass is 368 g/mol. The Morgan fingerprint density at radius 2 is 1.88 bits per heavy atom. The summed E-state index contributed by atoms with van der Waals surface area (Å²) in [5.41, 5.74) is 1.90. The minimum atomic E-state index is -3.35. The van der Waals surface area contributed by atoms with Gasteiger partial charge in [0.1, 0.15) is 0 Å². The predicted molar refractivity (Wildman–Crippen MR) is 97.6 cm³/mol. The van der Waals surface area contributed by atoms with Gasteiger partial charge in [-0.05, 0) is 32.3 Å². The first-order chi connectivity index (χ1) is 11.8. The molecule has 0 aromatic heterocycles. The molecule has 0 unspecified atom stereocenters. The van der Waals surface area contributed by atoms with Crippen molar-refractivity contribution in [2.75, 3.05) is 26.8 Å². The zero-order chi connectivity index (χ0) is 18.4. The Labute approximate surface area is 150 Å². The lowest BCUT2D eigenvalue weighted by Gasteiger charge is -2.31. The maximum absolute atomic E-state index is 12.6. The molecule has 7 heteroatoms. The van der Waals surface area contributed by atoms with Crippen LogP contribution >= 0.6 is 0 Å². The van der Waals surface area contributed by atoms with E-state index in [0.717, 1.165) is 11.1 Å². The quantitative estimate of drug-likeness (QED) is 0.795. The molecule has 1 amide bonds. The summed E-state index contributed by atoms with van der Waals surface area (Å²) in [6, 6.07) is 7.50. The van der Waals surface area contributed by atoms with Gasteiger partial charge in [-0.1, -0.05) is 29.8 Å². The molecule has 2 rings (SSSR count). The molecule has 1 heterocycles. The van der Waals surface area contributed by atoms with Crippen LogP contribution in [0.4, 0.5) is 0 Å². The Bertz CT molecular complexity index is 665. The van der Waals surface area contributed by atoms with Gasteiger partial charge in [0.25, 0.3) is 0 Å². The van der Waals surface area contributed by atoms with Crippen LogP contribution in [0.2, 0.25) is 0 Å². The second-order valence-corrected chi connectivity index (χ2v) is 8.75. The van der Waals surface area contributed by atoms with Crippen molar-refractivity contribution in [2.24, 2.45) is 5.92 Å². The fourth-order valence-corrected chi connectivity index (χ4v) is 4.60. The first kappa shape index (κ1) is 19.9. The summed E-state index contributed by atoms with van der Waals surface area (Å²) in [7, 11) is -1.75. The normalized spacial score (nSPS) is 18.0. The summed E-state index contributed by atoms with van der Waals surface area (Å²) < 4.78 is 31.7. The van der Waals surface area contributed by atoms with Gasteiger partial charge >= 0.3 is 0 Å². The number of benzene rings is 1. The maximum Gasteiger partial charge on any atom is 0.223 e. The van der Waals surface area contributed by atoms with Crippen LogP contribution in [0.3, 0.4) is 0 Å². The van der Waals surface area contributed by atoms with E-state index in [1.165, 1.54) is 4.31 Å². The van der Waals surface area contributed by atoms with Crippen molar-refractivity contribution in [2.45, 2.75) is 38.5 Å². The van der Waals surface area contributed by atoms with Crippen LogP contribution in [0.15, 0.2) is 24.3 Å². The number of carbonyl (C=O) groups excluding carboxylic acids is 1. The molecular weight excluding hydrogens is 340 g/mol. The third-order valence-electron chi connectivity index (χ3n) is 4.49. The topological polar surface area (TPSA) is 75.7 Å². The van der Waals surface area contributed by atoms with Crippen LogP contribution in [0, 0.1) is 12.8 Å². The van der Waals surface area contributed by atoms with E-state index in [9.17, 15) is 13.2 Å². The molecule has 1 aromatic rings. The summed E-state index contributed by atoms with van der Waals surface area (Å²) in [6.45, 7) is 5.12. The Kier molecular flexibility index (Phi) is 6.98. The van der Waals surface area contributed by atoms with Crippen molar-refractivity contribution in [1.29, 1.82) is 0 Å². The number of amides is 1. The highest BCUT2D eigenvalue weighted by molar-refractivity contribution is 7.88. The second-order valence-electron chi connectivity index (χ2n) is 6.78. The molecule has 1 fully saturated rings. The zero-order valence-electron chi connectivity index (χ0n) is 15.2. The van der Waals surface area contributed by atoms with Crippen LogP contribution in [0.5, 0.6) is 0 Å². The van der Waals surface area contributed by atoms with Crippen molar-refractivity contribution in [3.8, 4) is 0 Å². The second kappa shape index (κ2) is 8.78. The third kappa shape index (κ3) is 5.80. The molecule has 1 saturated heterocycles. The number of aryl methyl sites for hydroxylation is 1. The Morgan fingerprint density at radius 1 is 1.28 bits per heavy atom. The van der Waals surface area contributed by atoms with Crippen molar-refractivity contribution >= 4 is 15.9 Å². The SMILES string of the molecule is COC[C@@H](C)NC(=O)C1CCN(S(=O)(=O)Cc2ccc(C)cc2)CC1. The van der Waals surface area contributed by atoms with Crippen LogP contribution in [0.25, 0.3) is 0 Å². The molecule has 1 N–H and O–H groups in total. The van der Waals surface area contributed by atoms with Crippen molar-refractivity contribution in [3.63, 3.8) is 0 Å². The lowest BCUT2D eigenvalue weighted by molar-refractivity contribution is -0.127. The molecule has 0 spiro atoms. The van der Waals surface area contributed by atoms with E-state index in [-0.39, 0.29) is 23.6 Å². The molecule has 140 valence electrons. The molecule has 1 aliphatic heterocycles. The van der Waals surface area contributed by atoms with Crippen molar-refractivity contribution in [1.82, 2.24) is 9.62 Å². The first-order valence-electron chi connectivity index (χ1n) is 8.64. The van der Waals surface area contributed by atoms with Crippen molar-refractivity contribution in [3.05, 3.63) is 35.4 Å². The van der Waals surface area contributed by atoms with E-state index in [0.29, 0.717) is 32.5 Å². The van der Waals surface area contributed by atoms with Gasteiger partial charge in [-0.2, -0.15) is 0 Å². The highest BCUT2D eigenvalue weighted by Gasteiger charge is 2.31. The fourth-order valence-electron chi connectivity index (χ4n) is 3.03. The van der Waals surface area contributed by atoms with Gasteiger partial charge in [0.15, 0.2) is 0 Å². The Hall–Kier alpha value is -1.44. The molecule has 25 heavy (non-hydrogen) atoms. The predicted octanol–water partition coefficient (Wildman–Crippen LogP) is 1.69. The van der Waals surface area contributed by atoms with Gasteiger partial charge in [-0.3, -0.25) is 4.79 Å². The number of hydrogen-bond acceptors (Lipinski definition) is 4. The standard InChI is InChI=1S/C18H28N2O4S/c1-14-4-6-16(7-5-14)13-25(22,23)20-10-8-17(9-11-20)18(21)19-15(2)12-24-3/h4-7,15,17H,8-13H2,1-3H3,(H,19,21)/t15-/m1/s1. The highest BCUT2D eigenvalue weighted by atomic mass is 32.2. The van der Waals surface area contributed by atoms with E-state index >= 15 is 0 Å². The van der Waals surface area contributed by atoms with E-state index in [1.54, 1.807) is 7.11 Å². The summed E-state index contributed by atoms with van der Waals surface area (Å²) in [6.07, 6.45) is 1.11. The van der Waals surface area contributed by atoms with Crippen molar-refractivity contribution < 1.29 is 17.9 Å². The number of hydrogen-bond donors (Lipinski definition) is 1. The average molecular weight is 368 g/mol. The van der Waals surface area contributed by atoms with Gasteiger partial charge in [0.05, 0.1) is 12.4 Å². The lowest BCUT2D eigenvalue weighted by atomic mass is 9.97. The number of carbonyl (C=O) groups is 1.